The molecule has 4 heteroatoms. The Morgan fingerprint density at radius 1 is 1.00 bits per heavy atom. The van der Waals surface area contributed by atoms with Crippen molar-refractivity contribution in [3.63, 3.8) is 0 Å². The standard InChI is InChI=1S/C18H16N4/c19-17-11-10-14(12-20-17)22-16-9-5-4-8-15(16)21-18(22)13-6-2-1-3-7-13/h1-12,16,18H,(H2,19,20). The van der Waals surface area contributed by atoms with E-state index in [-0.39, 0.29) is 12.2 Å². The van der Waals surface area contributed by atoms with Crippen molar-refractivity contribution in [1.29, 1.82) is 0 Å². The number of anilines is 2. The van der Waals surface area contributed by atoms with E-state index >= 15 is 0 Å². The summed E-state index contributed by atoms with van der Waals surface area (Å²) in [4.78, 5) is 11.4. The van der Waals surface area contributed by atoms with Crippen molar-refractivity contribution in [1.82, 2.24) is 4.98 Å². The zero-order chi connectivity index (χ0) is 14.9. The average Bonchev–Trinajstić information content (AvgIpc) is 2.96. The largest absolute Gasteiger partial charge is 0.384 e. The number of aliphatic imine (C=N–C) groups is 1. The number of hydrogen-bond acceptors (Lipinski definition) is 4. The van der Waals surface area contributed by atoms with E-state index in [0.29, 0.717) is 5.82 Å². The van der Waals surface area contributed by atoms with Crippen LogP contribution >= 0.6 is 0 Å². The molecule has 4 rings (SSSR count). The van der Waals surface area contributed by atoms with Gasteiger partial charge in [-0.2, -0.15) is 0 Å². The summed E-state index contributed by atoms with van der Waals surface area (Å²) in [5.74, 6) is 0.527. The molecule has 0 saturated heterocycles. The van der Waals surface area contributed by atoms with E-state index in [1.165, 1.54) is 5.56 Å². The van der Waals surface area contributed by atoms with Gasteiger partial charge in [-0.1, -0.05) is 48.6 Å². The molecule has 4 nitrogen and oxygen atoms in total. The van der Waals surface area contributed by atoms with Crippen LogP contribution in [0, 0.1) is 0 Å². The van der Waals surface area contributed by atoms with Crippen LogP contribution in [0.15, 0.2) is 78.0 Å². The van der Waals surface area contributed by atoms with Crippen molar-refractivity contribution < 1.29 is 0 Å². The maximum Gasteiger partial charge on any atom is 0.148 e. The smallest absolute Gasteiger partial charge is 0.148 e. The predicted octanol–water partition coefficient (Wildman–Crippen LogP) is 3.12. The second kappa shape index (κ2) is 5.15. The quantitative estimate of drug-likeness (QED) is 0.923. The normalized spacial score (nSPS) is 22.5. The number of benzene rings is 1. The van der Waals surface area contributed by atoms with Gasteiger partial charge in [-0.15, -0.1) is 0 Å². The molecule has 2 N–H and O–H groups in total. The summed E-state index contributed by atoms with van der Waals surface area (Å²) in [5.41, 5.74) is 8.99. The number of rotatable bonds is 2. The van der Waals surface area contributed by atoms with Crippen LogP contribution in [0.2, 0.25) is 0 Å². The molecular formula is C18H16N4. The van der Waals surface area contributed by atoms with Crippen LogP contribution in [-0.4, -0.2) is 16.7 Å². The molecule has 0 saturated carbocycles. The molecule has 2 aromatic rings. The molecule has 1 aliphatic heterocycles. The monoisotopic (exact) mass is 288 g/mol. The van der Waals surface area contributed by atoms with Gasteiger partial charge >= 0.3 is 0 Å². The van der Waals surface area contributed by atoms with E-state index in [4.69, 9.17) is 10.7 Å². The SMILES string of the molecule is Nc1ccc(N2C3C=CC=CC3=NC2c2ccccc2)cn1. The first-order valence-corrected chi connectivity index (χ1v) is 7.30. The zero-order valence-electron chi connectivity index (χ0n) is 12.0. The molecule has 1 aromatic heterocycles. The van der Waals surface area contributed by atoms with Crippen LogP contribution in [0.3, 0.4) is 0 Å². The minimum Gasteiger partial charge on any atom is -0.384 e. The Morgan fingerprint density at radius 3 is 2.64 bits per heavy atom. The van der Waals surface area contributed by atoms with Crippen molar-refractivity contribution in [2.45, 2.75) is 12.2 Å². The van der Waals surface area contributed by atoms with Crippen LogP contribution in [0.25, 0.3) is 0 Å². The second-order valence-electron chi connectivity index (χ2n) is 5.38. The van der Waals surface area contributed by atoms with Gasteiger partial charge in [0.25, 0.3) is 0 Å². The number of nitrogens with two attached hydrogens (primary N) is 1. The molecule has 2 atom stereocenters. The van der Waals surface area contributed by atoms with Crippen molar-refractivity contribution in [3.05, 3.63) is 78.5 Å². The predicted molar refractivity (Wildman–Crippen MR) is 89.8 cm³/mol. The summed E-state index contributed by atoms with van der Waals surface area (Å²) in [7, 11) is 0. The van der Waals surface area contributed by atoms with Gasteiger partial charge in [0.05, 0.1) is 23.6 Å². The number of nitrogens with zero attached hydrogens (tertiary/aromatic N) is 3. The Morgan fingerprint density at radius 2 is 1.86 bits per heavy atom. The van der Waals surface area contributed by atoms with Gasteiger partial charge in [0.15, 0.2) is 0 Å². The molecule has 22 heavy (non-hydrogen) atoms. The van der Waals surface area contributed by atoms with Crippen LogP contribution in [0.5, 0.6) is 0 Å². The number of pyridine rings is 1. The first kappa shape index (κ1) is 12.8. The molecule has 0 spiro atoms. The van der Waals surface area contributed by atoms with Gasteiger partial charge in [0.2, 0.25) is 0 Å². The third-order valence-electron chi connectivity index (χ3n) is 3.98. The van der Waals surface area contributed by atoms with E-state index < -0.39 is 0 Å². The van der Waals surface area contributed by atoms with Crippen LogP contribution in [0.1, 0.15) is 11.7 Å². The van der Waals surface area contributed by atoms with Crippen molar-refractivity contribution >= 4 is 17.2 Å². The Kier molecular flexibility index (Phi) is 3.00. The van der Waals surface area contributed by atoms with Gasteiger partial charge in [0.1, 0.15) is 12.0 Å². The van der Waals surface area contributed by atoms with E-state index in [1.54, 1.807) is 0 Å². The number of allylic oxidation sites excluding steroid dienone is 2. The summed E-state index contributed by atoms with van der Waals surface area (Å²) in [6, 6.07) is 14.3. The summed E-state index contributed by atoms with van der Waals surface area (Å²) >= 11 is 0. The molecule has 2 unspecified atom stereocenters. The lowest BCUT2D eigenvalue weighted by Crippen LogP contribution is -2.35. The lowest BCUT2D eigenvalue weighted by atomic mass is 10.0. The van der Waals surface area contributed by atoms with Crippen molar-refractivity contribution in [2.75, 3.05) is 10.6 Å². The molecule has 1 aromatic carbocycles. The van der Waals surface area contributed by atoms with E-state index in [9.17, 15) is 0 Å². The minimum absolute atomic E-state index is 0.0426. The maximum absolute atomic E-state index is 5.72. The Bertz CT molecular complexity index is 759. The minimum atomic E-state index is -0.0426. The lowest BCUT2D eigenvalue weighted by molar-refractivity contribution is 0.694. The highest BCUT2D eigenvalue weighted by atomic mass is 15.3. The maximum atomic E-state index is 5.72. The summed E-state index contributed by atoms with van der Waals surface area (Å²) in [6.07, 6.45) is 10.1. The van der Waals surface area contributed by atoms with Gasteiger partial charge in [0, 0.05) is 0 Å². The van der Waals surface area contributed by atoms with Crippen LogP contribution < -0.4 is 10.6 Å². The van der Waals surface area contributed by atoms with Gasteiger partial charge in [-0.25, -0.2) is 4.98 Å². The number of aromatic nitrogens is 1. The number of nitrogen functional groups attached to an aromatic ring is 1. The zero-order valence-corrected chi connectivity index (χ0v) is 12.0. The molecule has 0 fully saturated rings. The average molecular weight is 288 g/mol. The third kappa shape index (κ3) is 2.09. The fourth-order valence-corrected chi connectivity index (χ4v) is 2.94. The third-order valence-corrected chi connectivity index (χ3v) is 3.98. The highest BCUT2D eigenvalue weighted by Gasteiger charge is 2.35. The fourth-order valence-electron chi connectivity index (χ4n) is 2.94. The van der Waals surface area contributed by atoms with E-state index in [0.717, 1.165) is 11.4 Å². The number of hydrogen-bond donors (Lipinski definition) is 1. The van der Waals surface area contributed by atoms with Gasteiger partial charge < -0.3 is 10.6 Å². The first-order chi connectivity index (χ1) is 10.8. The summed E-state index contributed by atoms with van der Waals surface area (Å²) in [5, 5.41) is 0. The van der Waals surface area contributed by atoms with Gasteiger partial charge in [-0.05, 0) is 23.8 Å². The molecule has 108 valence electrons. The Balaban J connectivity index is 1.80. The Hall–Kier alpha value is -2.88. The number of fused-ring (bicyclic) bond motifs is 1. The summed E-state index contributed by atoms with van der Waals surface area (Å²) in [6.45, 7) is 0. The van der Waals surface area contributed by atoms with Gasteiger partial charge in [-0.3, -0.25) is 4.99 Å². The Labute approximate surface area is 129 Å². The summed E-state index contributed by atoms with van der Waals surface area (Å²) < 4.78 is 0. The molecule has 0 radical (unpaired) electrons. The molecule has 1 aliphatic carbocycles. The second-order valence-corrected chi connectivity index (χ2v) is 5.38. The van der Waals surface area contributed by atoms with Crippen molar-refractivity contribution in [3.8, 4) is 0 Å². The van der Waals surface area contributed by atoms with E-state index in [2.05, 4.69) is 40.2 Å². The van der Waals surface area contributed by atoms with Crippen LogP contribution in [0.4, 0.5) is 11.5 Å². The highest BCUT2D eigenvalue weighted by Crippen LogP contribution is 2.37. The molecule has 2 heterocycles. The molecule has 2 aliphatic rings. The van der Waals surface area contributed by atoms with Crippen LogP contribution in [-0.2, 0) is 0 Å². The van der Waals surface area contributed by atoms with E-state index in [1.807, 2.05) is 42.6 Å². The highest BCUT2D eigenvalue weighted by molar-refractivity contribution is 6.06. The molecular weight excluding hydrogens is 272 g/mol. The topological polar surface area (TPSA) is 54.5 Å². The molecule has 0 bridgehead atoms. The molecule has 0 amide bonds. The lowest BCUT2D eigenvalue weighted by Gasteiger charge is -2.30. The fraction of sp³-hybridized carbons (Fsp3) is 0.111. The first-order valence-electron chi connectivity index (χ1n) is 7.30. The van der Waals surface area contributed by atoms with Crippen molar-refractivity contribution in [2.24, 2.45) is 4.99 Å².